The Labute approximate surface area is 178 Å². The molecule has 0 aliphatic carbocycles. The summed E-state index contributed by atoms with van der Waals surface area (Å²) in [5, 5.41) is 16.0. The zero-order chi connectivity index (χ0) is 23.9. The number of unbranched alkanes of at least 4 members (excludes halogenated alkanes) is 1. The van der Waals surface area contributed by atoms with Crippen molar-refractivity contribution in [1.29, 1.82) is 0 Å². The summed E-state index contributed by atoms with van der Waals surface area (Å²) in [4.78, 5) is 29.8. The molecule has 7 heteroatoms. The molecule has 0 aliphatic heterocycles. The number of carboxylic acids is 1. The summed E-state index contributed by atoms with van der Waals surface area (Å²) in [5.41, 5.74) is 6.04. The van der Waals surface area contributed by atoms with Crippen LogP contribution in [-0.4, -0.2) is 41.3 Å². The number of hydrogen-bond acceptors (Lipinski definition) is 5. The second-order valence-corrected chi connectivity index (χ2v) is 5.55. The maximum Gasteiger partial charge on any atom is 0.330 e. The second-order valence-electron chi connectivity index (χ2n) is 5.55. The van der Waals surface area contributed by atoms with Gasteiger partial charge in [0.2, 0.25) is 5.91 Å². The van der Waals surface area contributed by atoms with E-state index in [1.54, 1.807) is 0 Å². The van der Waals surface area contributed by atoms with Gasteiger partial charge < -0.3 is 20.7 Å². The van der Waals surface area contributed by atoms with E-state index in [4.69, 9.17) is 10.2 Å². The standard InChI is InChI=1S/C8H8.C7H12O2.C4H7NO2.C4H6O2/c1-2-8-6-4-3-5-7-8;1-3-5-6-9-7(8)4-2;1-3(2-6)4(5)7;1-3(2)4(5)6/h2-7H,1H2;4H,2-3,5-6H2,1H3;6H,1-2H2,(H2,5,7);1H2,2H3,(H,5,6). The highest BCUT2D eigenvalue weighted by Gasteiger charge is 1.95. The van der Waals surface area contributed by atoms with Crippen LogP contribution in [0.1, 0.15) is 32.3 Å². The van der Waals surface area contributed by atoms with Crippen LogP contribution in [0.3, 0.4) is 0 Å². The van der Waals surface area contributed by atoms with Crippen molar-refractivity contribution in [1.82, 2.24) is 0 Å². The quantitative estimate of drug-likeness (QED) is 0.336. The van der Waals surface area contributed by atoms with Crippen LogP contribution in [0.4, 0.5) is 0 Å². The number of primary amides is 1. The van der Waals surface area contributed by atoms with Crippen molar-refractivity contribution in [3.63, 3.8) is 0 Å². The number of carboxylic acid groups (broad SMARTS) is 1. The van der Waals surface area contributed by atoms with Crippen LogP contribution in [0.25, 0.3) is 6.08 Å². The molecular weight excluding hydrogens is 386 g/mol. The molecular formula is C23H33NO6. The summed E-state index contributed by atoms with van der Waals surface area (Å²) >= 11 is 0. The number of ether oxygens (including phenoxy) is 1. The van der Waals surface area contributed by atoms with Gasteiger partial charge in [-0.3, -0.25) is 4.79 Å². The molecule has 0 saturated heterocycles. The van der Waals surface area contributed by atoms with E-state index in [2.05, 4.69) is 36.8 Å². The molecule has 0 aromatic heterocycles. The number of hydrogen-bond donors (Lipinski definition) is 3. The number of aliphatic hydroxyl groups excluding tert-OH is 1. The summed E-state index contributed by atoms with van der Waals surface area (Å²) in [6.07, 6.45) is 4.99. The maximum atomic E-state index is 10.3. The monoisotopic (exact) mass is 419 g/mol. The Hall–Kier alpha value is -3.45. The Bertz CT molecular complexity index is 668. The number of carbonyl (C=O) groups is 3. The summed E-state index contributed by atoms with van der Waals surface area (Å²) in [6, 6.07) is 10.0. The summed E-state index contributed by atoms with van der Waals surface area (Å²) in [5.74, 6) is -1.92. The first-order chi connectivity index (χ1) is 14.1. The molecule has 30 heavy (non-hydrogen) atoms. The molecule has 1 amide bonds. The van der Waals surface area contributed by atoms with Gasteiger partial charge in [-0.05, 0) is 18.9 Å². The zero-order valence-electron chi connectivity index (χ0n) is 17.8. The van der Waals surface area contributed by atoms with Gasteiger partial charge in [-0.1, -0.05) is 76.1 Å². The van der Waals surface area contributed by atoms with Gasteiger partial charge in [0.25, 0.3) is 0 Å². The number of benzene rings is 1. The van der Waals surface area contributed by atoms with Crippen molar-refractivity contribution in [3.8, 4) is 0 Å². The largest absolute Gasteiger partial charge is 0.478 e. The Morgan fingerprint density at radius 1 is 1.13 bits per heavy atom. The van der Waals surface area contributed by atoms with Crippen LogP contribution >= 0.6 is 0 Å². The molecule has 1 aromatic rings. The zero-order valence-corrected chi connectivity index (χ0v) is 17.8. The van der Waals surface area contributed by atoms with Crippen LogP contribution in [0.15, 0.2) is 73.9 Å². The molecule has 0 heterocycles. The van der Waals surface area contributed by atoms with Gasteiger partial charge in [-0.15, -0.1) is 0 Å². The normalized spacial score (nSPS) is 8.23. The van der Waals surface area contributed by atoms with Crippen LogP contribution in [0.2, 0.25) is 0 Å². The first-order valence-corrected chi connectivity index (χ1v) is 9.01. The summed E-state index contributed by atoms with van der Waals surface area (Å²) < 4.78 is 4.67. The van der Waals surface area contributed by atoms with Crippen LogP contribution in [-0.2, 0) is 19.1 Å². The van der Waals surface area contributed by atoms with Crippen molar-refractivity contribution < 1.29 is 29.3 Å². The number of aliphatic carboxylic acids is 1. The SMILES string of the molecule is C=C(C)C(=O)O.C=C(CO)C(N)=O.C=CC(=O)OCCCC.C=Cc1ccccc1. The number of nitrogens with two attached hydrogens (primary N) is 1. The maximum absolute atomic E-state index is 10.3. The highest BCUT2D eigenvalue weighted by molar-refractivity contribution is 5.91. The van der Waals surface area contributed by atoms with Gasteiger partial charge in [0.15, 0.2) is 0 Å². The van der Waals surface area contributed by atoms with Crippen LogP contribution < -0.4 is 5.73 Å². The molecule has 1 aromatic carbocycles. The lowest BCUT2D eigenvalue weighted by atomic mass is 10.2. The summed E-state index contributed by atoms with van der Waals surface area (Å²) in [6.45, 7) is 16.9. The van der Waals surface area contributed by atoms with E-state index in [1.807, 2.05) is 43.3 Å². The number of amides is 1. The van der Waals surface area contributed by atoms with Crippen LogP contribution in [0.5, 0.6) is 0 Å². The van der Waals surface area contributed by atoms with E-state index in [0.717, 1.165) is 12.8 Å². The van der Waals surface area contributed by atoms with Crippen LogP contribution in [0, 0.1) is 0 Å². The lowest BCUT2D eigenvalue weighted by Gasteiger charge is -1.97. The Morgan fingerprint density at radius 2 is 1.63 bits per heavy atom. The van der Waals surface area contributed by atoms with Gasteiger partial charge in [0.05, 0.1) is 13.2 Å². The van der Waals surface area contributed by atoms with E-state index >= 15 is 0 Å². The first-order valence-electron chi connectivity index (χ1n) is 9.01. The van der Waals surface area contributed by atoms with Crippen molar-refractivity contribution in [2.45, 2.75) is 26.7 Å². The van der Waals surface area contributed by atoms with E-state index in [1.165, 1.54) is 18.6 Å². The third kappa shape index (κ3) is 24.6. The fourth-order valence-electron chi connectivity index (χ4n) is 1.04. The molecule has 0 spiro atoms. The Morgan fingerprint density at radius 3 is 1.87 bits per heavy atom. The molecule has 0 bridgehead atoms. The Kier molecular flexibility index (Phi) is 22.8. The lowest BCUT2D eigenvalue weighted by Crippen LogP contribution is -2.14. The first kappa shape index (κ1) is 31.3. The molecule has 7 nitrogen and oxygen atoms in total. The molecule has 0 fully saturated rings. The third-order valence-corrected chi connectivity index (χ3v) is 2.85. The molecule has 0 atom stereocenters. The molecule has 0 radical (unpaired) electrons. The minimum Gasteiger partial charge on any atom is -0.478 e. The number of rotatable bonds is 8. The van der Waals surface area contributed by atoms with Gasteiger partial charge in [-0.2, -0.15) is 0 Å². The minimum absolute atomic E-state index is 0.0417. The van der Waals surface area contributed by atoms with Gasteiger partial charge in [0.1, 0.15) is 0 Å². The van der Waals surface area contributed by atoms with Crippen molar-refractivity contribution in [2.24, 2.45) is 5.73 Å². The average Bonchev–Trinajstić information content (AvgIpc) is 2.74. The second kappa shape index (κ2) is 21.8. The predicted molar refractivity (Wildman–Crippen MR) is 120 cm³/mol. The summed E-state index contributed by atoms with van der Waals surface area (Å²) in [7, 11) is 0. The fourth-order valence-corrected chi connectivity index (χ4v) is 1.04. The van der Waals surface area contributed by atoms with E-state index in [0.29, 0.717) is 6.61 Å². The van der Waals surface area contributed by atoms with Crippen molar-refractivity contribution in [3.05, 3.63) is 79.4 Å². The molecule has 166 valence electrons. The molecule has 1 rings (SSSR count). The molecule has 0 aliphatic rings. The van der Waals surface area contributed by atoms with Crippen molar-refractivity contribution in [2.75, 3.05) is 13.2 Å². The van der Waals surface area contributed by atoms with Gasteiger partial charge >= 0.3 is 11.9 Å². The fraction of sp³-hybridized carbons (Fsp3) is 0.261. The average molecular weight is 420 g/mol. The molecule has 0 unspecified atom stereocenters. The smallest absolute Gasteiger partial charge is 0.330 e. The number of esters is 1. The topological polar surface area (TPSA) is 127 Å². The third-order valence-electron chi connectivity index (χ3n) is 2.85. The predicted octanol–water partition coefficient (Wildman–Crippen LogP) is 3.51. The minimum atomic E-state index is -0.935. The van der Waals surface area contributed by atoms with E-state index in [9.17, 15) is 14.4 Å². The van der Waals surface area contributed by atoms with Crippen molar-refractivity contribution >= 4 is 23.9 Å². The molecule has 4 N–H and O–H groups in total. The molecule has 0 saturated carbocycles. The van der Waals surface area contributed by atoms with E-state index in [-0.39, 0.29) is 23.7 Å². The number of carbonyl (C=O) groups excluding carboxylic acids is 2. The lowest BCUT2D eigenvalue weighted by molar-refractivity contribution is -0.138. The van der Waals surface area contributed by atoms with Gasteiger partial charge in [0, 0.05) is 17.2 Å². The Balaban J connectivity index is -0.000000328. The van der Waals surface area contributed by atoms with Gasteiger partial charge in [-0.25, -0.2) is 9.59 Å². The highest BCUT2D eigenvalue weighted by atomic mass is 16.5. The van der Waals surface area contributed by atoms with E-state index < -0.39 is 11.9 Å². The number of aliphatic hydroxyl groups is 1. The highest BCUT2D eigenvalue weighted by Crippen LogP contribution is 1.97.